The molecule has 1 N–H and O–H groups in total. The number of carbonyl (C=O) groups excluding carboxylic acids is 1. The number of nitrogens with one attached hydrogen (secondary N) is 1. The summed E-state index contributed by atoms with van der Waals surface area (Å²) in [6.07, 6.45) is 1.47. The minimum absolute atomic E-state index is 0.113. The molecule has 1 heterocycles. The molecule has 156 valence electrons. The molecule has 0 bridgehead atoms. The molecule has 0 saturated carbocycles. The maximum absolute atomic E-state index is 13.0. The number of carbonyl (C=O) groups is 1. The lowest BCUT2D eigenvalue weighted by molar-refractivity contribution is -0.121. The van der Waals surface area contributed by atoms with E-state index >= 15 is 0 Å². The lowest BCUT2D eigenvalue weighted by atomic mass is 10.2. The van der Waals surface area contributed by atoms with Crippen molar-refractivity contribution in [3.05, 3.63) is 53.1 Å². The zero-order chi connectivity index (χ0) is 20.9. The van der Waals surface area contributed by atoms with Gasteiger partial charge in [-0.3, -0.25) is 4.79 Å². The summed E-state index contributed by atoms with van der Waals surface area (Å²) in [5.41, 5.74) is 0.836. The summed E-state index contributed by atoms with van der Waals surface area (Å²) in [7, 11) is -3.80. The van der Waals surface area contributed by atoms with E-state index < -0.39 is 10.0 Å². The lowest BCUT2D eigenvalue weighted by Crippen LogP contribution is -2.41. The van der Waals surface area contributed by atoms with Crippen LogP contribution >= 0.6 is 11.6 Å². The fraction of sp³-hybridized carbons (Fsp3) is 0.350. The number of amides is 1. The van der Waals surface area contributed by atoms with E-state index in [-0.39, 0.29) is 37.2 Å². The average Bonchev–Trinajstić information content (AvgIpc) is 3.17. The average molecular weight is 439 g/mol. The third-order valence-corrected chi connectivity index (χ3v) is 6.57. The first-order valence-corrected chi connectivity index (χ1v) is 11.1. The molecule has 0 aliphatic carbocycles. The van der Waals surface area contributed by atoms with Gasteiger partial charge in [0.15, 0.2) is 11.5 Å². The number of sulfonamides is 1. The molecule has 3 rings (SSSR count). The van der Waals surface area contributed by atoms with E-state index in [1.54, 1.807) is 12.1 Å². The van der Waals surface area contributed by atoms with E-state index in [0.717, 1.165) is 12.0 Å². The Bertz CT molecular complexity index is 963. The molecular weight excluding hydrogens is 416 g/mol. The van der Waals surface area contributed by atoms with Crippen LogP contribution in [0.4, 0.5) is 0 Å². The molecule has 1 amide bonds. The Labute approximate surface area is 175 Å². The number of fused-ring (bicyclic) bond motifs is 1. The molecule has 0 radical (unpaired) electrons. The summed E-state index contributed by atoms with van der Waals surface area (Å²) < 4.78 is 37.7. The molecule has 2 aromatic carbocycles. The second kappa shape index (κ2) is 9.47. The van der Waals surface area contributed by atoms with E-state index in [1.165, 1.54) is 28.6 Å². The first-order chi connectivity index (χ1) is 13.9. The number of unbranched alkanes of at least 4 members (excludes halogenated alkanes) is 1. The zero-order valence-electron chi connectivity index (χ0n) is 16.1. The fourth-order valence-electron chi connectivity index (χ4n) is 2.84. The molecule has 0 saturated heterocycles. The van der Waals surface area contributed by atoms with Gasteiger partial charge in [0, 0.05) is 18.1 Å². The normalized spacial score (nSPS) is 12.9. The lowest BCUT2D eigenvalue weighted by Gasteiger charge is -2.21. The summed E-state index contributed by atoms with van der Waals surface area (Å²) >= 11 is 5.85. The van der Waals surface area contributed by atoms with Crippen LogP contribution < -0.4 is 14.8 Å². The predicted molar refractivity (Wildman–Crippen MR) is 110 cm³/mol. The number of rotatable bonds is 9. The SMILES string of the molecule is CCCCN(CC(=O)NCc1ccc2c(c1)OCO2)S(=O)(=O)c1ccc(Cl)cc1. The quantitative estimate of drug-likeness (QED) is 0.650. The minimum Gasteiger partial charge on any atom is -0.454 e. The maximum atomic E-state index is 13.0. The van der Waals surface area contributed by atoms with Gasteiger partial charge in [-0.15, -0.1) is 0 Å². The van der Waals surface area contributed by atoms with Crippen LogP contribution in [0.5, 0.6) is 11.5 Å². The molecule has 0 fully saturated rings. The van der Waals surface area contributed by atoms with Crippen LogP contribution in [0.2, 0.25) is 5.02 Å². The van der Waals surface area contributed by atoms with Crippen LogP contribution in [0, 0.1) is 0 Å². The van der Waals surface area contributed by atoms with Crippen molar-refractivity contribution in [2.45, 2.75) is 31.2 Å². The van der Waals surface area contributed by atoms with Crippen LogP contribution in [-0.4, -0.2) is 38.5 Å². The summed E-state index contributed by atoms with van der Waals surface area (Å²) in [5.74, 6) is 0.919. The summed E-state index contributed by atoms with van der Waals surface area (Å²) in [4.78, 5) is 12.6. The molecule has 1 aliphatic heterocycles. The molecule has 0 atom stereocenters. The number of ether oxygens (including phenoxy) is 2. The van der Waals surface area contributed by atoms with Crippen LogP contribution in [-0.2, 0) is 21.4 Å². The number of nitrogens with zero attached hydrogens (tertiary/aromatic N) is 1. The molecule has 0 aromatic heterocycles. The zero-order valence-corrected chi connectivity index (χ0v) is 17.6. The highest BCUT2D eigenvalue weighted by Gasteiger charge is 2.26. The van der Waals surface area contributed by atoms with Gasteiger partial charge in [-0.1, -0.05) is 31.0 Å². The monoisotopic (exact) mass is 438 g/mol. The highest BCUT2D eigenvalue weighted by atomic mass is 35.5. The Hall–Kier alpha value is -2.29. The fourth-order valence-corrected chi connectivity index (χ4v) is 4.40. The van der Waals surface area contributed by atoms with Crippen molar-refractivity contribution >= 4 is 27.5 Å². The first-order valence-electron chi connectivity index (χ1n) is 9.31. The third-order valence-electron chi connectivity index (χ3n) is 4.46. The summed E-state index contributed by atoms with van der Waals surface area (Å²) in [5, 5.41) is 3.22. The van der Waals surface area contributed by atoms with Crippen molar-refractivity contribution < 1.29 is 22.7 Å². The topological polar surface area (TPSA) is 84.9 Å². The van der Waals surface area contributed by atoms with E-state index in [2.05, 4.69) is 5.32 Å². The first kappa shape index (κ1) is 21.4. The van der Waals surface area contributed by atoms with Crippen LogP contribution in [0.25, 0.3) is 0 Å². The second-order valence-corrected chi connectivity index (χ2v) is 8.98. The van der Waals surface area contributed by atoms with Gasteiger partial charge >= 0.3 is 0 Å². The van der Waals surface area contributed by atoms with Crippen LogP contribution in [0.1, 0.15) is 25.3 Å². The van der Waals surface area contributed by atoms with Gasteiger partial charge in [-0.25, -0.2) is 8.42 Å². The van der Waals surface area contributed by atoms with E-state index in [9.17, 15) is 13.2 Å². The van der Waals surface area contributed by atoms with Gasteiger partial charge in [0.05, 0.1) is 11.4 Å². The molecule has 0 unspecified atom stereocenters. The standard InChI is InChI=1S/C20H23ClN2O5S/c1-2-3-10-23(29(25,26)17-7-5-16(21)6-8-17)13-20(24)22-12-15-4-9-18-19(11-15)28-14-27-18/h4-9,11H,2-3,10,12-14H2,1H3,(H,22,24). The van der Waals surface area contributed by atoms with Gasteiger partial charge in [0.1, 0.15) is 0 Å². The van der Waals surface area contributed by atoms with E-state index in [0.29, 0.717) is 22.9 Å². The number of benzene rings is 2. The molecule has 29 heavy (non-hydrogen) atoms. The number of hydrogen-bond acceptors (Lipinski definition) is 5. The van der Waals surface area contributed by atoms with Crippen LogP contribution in [0.3, 0.4) is 0 Å². The Morgan fingerprint density at radius 2 is 1.86 bits per heavy atom. The third kappa shape index (κ3) is 5.41. The Kier molecular flexibility index (Phi) is 7.00. The minimum atomic E-state index is -3.80. The van der Waals surface area contributed by atoms with Crippen molar-refractivity contribution in [1.82, 2.24) is 9.62 Å². The Balaban J connectivity index is 1.66. The molecular formula is C20H23ClN2O5S. The van der Waals surface area contributed by atoms with Gasteiger partial charge in [-0.2, -0.15) is 4.31 Å². The van der Waals surface area contributed by atoms with Gasteiger partial charge in [0.2, 0.25) is 22.7 Å². The highest BCUT2D eigenvalue weighted by Crippen LogP contribution is 2.32. The highest BCUT2D eigenvalue weighted by molar-refractivity contribution is 7.89. The van der Waals surface area contributed by atoms with Gasteiger partial charge in [0.25, 0.3) is 0 Å². The van der Waals surface area contributed by atoms with E-state index in [1.807, 2.05) is 13.0 Å². The van der Waals surface area contributed by atoms with Crippen molar-refractivity contribution in [3.8, 4) is 11.5 Å². The number of halogens is 1. The Morgan fingerprint density at radius 3 is 2.59 bits per heavy atom. The smallest absolute Gasteiger partial charge is 0.243 e. The van der Waals surface area contributed by atoms with Gasteiger partial charge in [-0.05, 0) is 48.4 Å². The maximum Gasteiger partial charge on any atom is 0.243 e. The van der Waals surface area contributed by atoms with Crippen molar-refractivity contribution in [3.63, 3.8) is 0 Å². The van der Waals surface area contributed by atoms with Crippen molar-refractivity contribution in [1.29, 1.82) is 0 Å². The summed E-state index contributed by atoms with van der Waals surface area (Å²) in [6.45, 7) is 2.42. The van der Waals surface area contributed by atoms with Crippen LogP contribution in [0.15, 0.2) is 47.4 Å². The van der Waals surface area contributed by atoms with Gasteiger partial charge < -0.3 is 14.8 Å². The van der Waals surface area contributed by atoms with Crippen molar-refractivity contribution in [2.24, 2.45) is 0 Å². The number of hydrogen-bond donors (Lipinski definition) is 1. The second-order valence-electron chi connectivity index (χ2n) is 6.61. The molecule has 0 spiro atoms. The molecule has 1 aliphatic rings. The largest absolute Gasteiger partial charge is 0.454 e. The molecule has 9 heteroatoms. The predicted octanol–water partition coefficient (Wildman–Crippen LogP) is 3.18. The Morgan fingerprint density at radius 1 is 1.14 bits per heavy atom. The molecule has 2 aromatic rings. The van der Waals surface area contributed by atoms with Crippen molar-refractivity contribution in [2.75, 3.05) is 19.9 Å². The summed E-state index contributed by atoms with van der Waals surface area (Å²) in [6, 6.07) is 11.3. The van der Waals surface area contributed by atoms with E-state index in [4.69, 9.17) is 21.1 Å². The molecule has 7 nitrogen and oxygen atoms in total.